The number of amides is 1. The molecule has 0 radical (unpaired) electrons. The minimum absolute atomic E-state index is 0.0636. The molecule has 5 nitrogen and oxygen atoms in total. The Labute approximate surface area is 171 Å². The smallest absolute Gasteiger partial charge is 0.257 e. The number of nitrogens with zero attached hydrogens (tertiary/aromatic N) is 3. The molecule has 5 heteroatoms. The molecule has 2 heterocycles. The molecule has 0 saturated carbocycles. The fourth-order valence-corrected chi connectivity index (χ4v) is 3.96. The Morgan fingerprint density at radius 1 is 1.17 bits per heavy atom. The lowest BCUT2D eigenvalue weighted by Gasteiger charge is -2.30. The van der Waals surface area contributed by atoms with Crippen molar-refractivity contribution in [3.63, 3.8) is 0 Å². The van der Waals surface area contributed by atoms with Crippen LogP contribution in [0.1, 0.15) is 35.7 Å². The van der Waals surface area contributed by atoms with Crippen molar-refractivity contribution in [1.29, 1.82) is 0 Å². The minimum Gasteiger partial charge on any atom is -0.497 e. The summed E-state index contributed by atoms with van der Waals surface area (Å²) in [4.78, 5) is 15.4. The molecule has 1 aliphatic heterocycles. The van der Waals surface area contributed by atoms with Crippen LogP contribution in [0.4, 0.5) is 0 Å². The van der Waals surface area contributed by atoms with E-state index in [0.29, 0.717) is 23.7 Å². The third-order valence-corrected chi connectivity index (χ3v) is 5.47. The van der Waals surface area contributed by atoms with Crippen LogP contribution in [-0.4, -0.2) is 40.8 Å². The minimum atomic E-state index is 0.0636. The third-order valence-electron chi connectivity index (χ3n) is 5.47. The van der Waals surface area contributed by atoms with Crippen molar-refractivity contribution < 1.29 is 9.53 Å². The molecule has 0 N–H and O–H groups in total. The highest BCUT2D eigenvalue weighted by molar-refractivity contribution is 6.00. The highest BCUT2D eigenvalue weighted by Crippen LogP contribution is 2.28. The van der Waals surface area contributed by atoms with Crippen LogP contribution in [0, 0.1) is 5.92 Å². The lowest BCUT2D eigenvalue weighted by atomic mass is 9.99. The summed E-state index contributed by atoms with van der Waals surface area (Å²) in [6, 6.07) is 17.9. The van der Waals surface area contributed by atoms with E-state index in [2.05, 4.69) is 19.1 Å². The number of benzene rings is 2. The van der Waals surface area contributed by atoms with E-state index in [1.165, 1.54) is 6.42 Å². The molecule has 0 spiro atoms. The lowest BCUT2D eigenvalue weighted by molar-refractivity contribution is 0.0683. The number of methoxy groups -OCH3 is 1. The van der Waals surface area contributed by atoms with Gasteiger partial charge in [0.15, 0.2) is 0 Å². The molecule has 1 saturated heterocycles. The highest BCUT2D eigenvalue weighted by Gasteiger charge is 2.26. The van der Waals surface area contributed by atoms with Gasteiger partial charge < -0.3 is 9.64 Å². The second kappa shape index (κ2) is 8.52. The van der Waals surface area contributed by atoms with Gasteiger partial charge in [-0.05, 0) is 36.5 Å². The Balaban J connectivity index is 1.71. The number of piperidine rings is 1. The van der Waals surface area contributed by atoms with Gasteiger partial charge in [-0.25, -0.2) is 0 Å². The van der Waals surface area contributed by atoms with Crippen LogP contribution in [0.3, 0.4) is 0 Å². The van der Waals surface area contributed by atoms with Gasteiger partial charge in [0.05, 0.1) is 19.2 Å². The van der Waals surface area contributed by atoms with E-state index in [1.807, 2.05) is 58.2 Å². The van der Waals surface area contributed by atoms with Gasteiger partial charge in [0.2, 0.25) is 0 Å². The fraction of sp³-hybridized carbons (Fsp3) is 0.333. The van der Waals surface area contributed by atoms with E-state index >= 15 is 0 Å². The zero-order chi connectivity index (χ0) is 20.2. The summed E-state index contributed by atoms with van der Waals surface area (Å²) in [7, 11) is 1.65. The summed E-state index contributed by atoms with van der Waals surface area (Å²) in [5.41, 5.74) is 3.41. The first-order chi connectivity index (χ1) is 14.1. The largest absolute Gasteiger partial charge is 0.497 e. The van der Waals surface area contributed by atoms with Gasteiger partial charge in [-0.2, -0.15) is 5.10 Å². The Morgan fingerprint density at radius 2 is 2.00 bits per heavy atom. The van der Waals surface area contributed by atoms with Crippen LogP contribution >= 0.6 is 0 Å². The topological polar surface area (TPSA) is 47.4 Å². The Bertz CT molecular complexity index is 981. The third kappa shape index (κ3) is 4.34. The molecule has 1 aromatic heterocycles. The molecule has 1 fully saturated rings. The Morgan fingerprint density at radius 3 is 2.76 bits per heavy atom. The highest BCUT2D eigenvalue weighted by atomic mass is 16.5. The zero-order valence-electron chi connectivity index (χ0n) is 17.0. The van der Waals surface area contributed by atoms with Crippen LogP contribution in [0.25, 0.3) is 11.3 Å². The molecular formula is C24H27N3O2. The zero-order valence-corrected chi connectivity index (χ0v) is 17.0. The quantitative estimate of drug-likeness (QED) is 0.646. The van der Waals surface area contributed by atoms with Crippen molar-refractivity contribution in [2.75, 3.05) is 20.2 Å². The first-order valence-corrected chi connectivity index (χ1v) is 10.2. The molecule has 150 valence electrons. The number of hydrogen-bond acceptors (Lipinski definition) is 3. The average molecular weight is 389 g/mol. The van der Waals surface area contributed by atoms with Gasteiger partial charge in [0, 0.05) is 24.8 Å². The van der Waals surface area contributed by atoms with Crippen molar-refractivity contribution in [3.05, 3.63) is 71.9 Å². The van der Waals surface area contributed by atoms with Gasteiger partial charge in [-0.3, -0.25) is 9.48 Å². The second-order valence-corrected chi connectivity index (χ2v) is 7.81. The van der Waals surface area contributed by atoms with Gasteiger partial charge in [0.25, 0.3) is 5.91 Å². The summed E-state index contributed by atoms with van der Waals surface area (Å²) in [5, 5.41) is 4.80. The van der Waals surface area contributed by atoms with Crippen LogP contribution in [0.2, 0.25) is 0 Å². The van der Waals surface area contributed by atoms with E-state index in [-0.39, 0.29) is 5.91 Å². The molecular weight excluding hydrogens is 362 g/mol. The average Bonchev–Trinajstić information content (AvgIpc) is 3.17. The molecule has 2 aromatic carbocycles. The summed E-state index contributed by atoms with van der Waals surface area (Å²) in [5.74, 6) is 1.35. The maximum absolute atomic E-state index is 13.4. The van der Waals surface area contributed by atoms with E-state index in [4.69, 9.17) is 9.84 Å². The summed E-state index contributed by atoms with van der Waals surface area (Å²) >= 11 is 0. The Kier molecular flexibility index (Phi) is 5.65. The first-order valence-electron chi connectivity index (χ1n) is 10.2. The van der Waals surface area contributed by atoms with E-state index in [1.54, 1.807) is 7.11 Å². The predicted molar refractivity (Wildman–Crippen MR) is 114 cm³/mol. The van der Waals surface area contributed by atoms with Crippen molar-refractivity contribution >= 4 is 5.91 Å². The standard InChI is InChI=1S/C24H27N3O2/c1-18-8-7-13-26(15-18)24(28)22-17-27(16-19-9-4-3-5-10-19)25-23(22)20-11-6-12-21(14-20)29-2/h3-6,9-12,14,17-18H,7-8,13,15-16H2,1-2H3. The molecule has 3 aromatic rings. The SMILES string of the molecule is COc1cccc(-c2nn(Cc3ccccc3)cc2C(=O)N2CCCC(C)C2)c1. The first kappa shape index (κ1) is 19.2. The van der Waals surface area contributed by atoms with Gasteiger partial charge in [-0.1, -0.05) is 49.4 Å². The molecule has 1 atom stereocenters. The van der Waals surface area contributed by atoms with E-state index in [9.17, 15) is 4.79 Å². The number of carbonyl (C=O) groups is 1. The summed E-state index contributed by atoms with van der Waals surface area (Å²) in [6.07, 6.45) is 4.13. The fourth-order valence-electron chi connectivity index (χ4n) is 3.96. The molecule has 0 bridgehead atoms. The summed E-state index contributed by atoms with van der Waals surface area (Å²) in [6.45, 7) is 4.45. The maximum Gasteiger partial charge on any atom is 0.257 e. The van der Waals surface area contributed by atoms with Gasteiger partial charge >= 0.3 is 0 Å². The number of ether oxygens (including phenoxy) is 1. The maximum atomic E-state index is 13.4. The van der Waals surface area contributed by atoms with Crippen molar-refractivity contribution in [1.82, 2.24) is 14.7 Å². The van der Waals surface area contributed by atoms with Crippen molar-refractivity contribution in [3.8, 4) is 17.0 Å². The van der Waals surface area contributed by atoms with Crippen LogP contribution in [0.15, 0.2) is 60.8 Å². The lowest BCUT2D eigenvalue weighted by Crippen LogP contribution is -2.39. The number of carbonyl (C=O) groups excluding carboxylic acids is 1. The van der Waals surface area contributed by atoms with Gasteiger partial charge in [0.1, 0.15) is 11.4 Å². The van der Waals surface area contributed by atoms with Crippen LogP contribution in [0.5, 0.6) is 5.75 Å². The normalized spacial score (nSPS) is 16.6. The van der Waals surface area contributed by atoms with Gasteiger partial charge in [-0.15, -0.1) is 0 Å². The molecule has 0 aliphatic carbocycles. The number of aromatic nitrogens is 2. The predicted octanol–water partition coefficient (Wildman–Crippen LogP) is 4.48. The second-order valence-electron chi connectivity index (χ2n) is 7.81. The van der Waals surface area contributed by atoms with E-state index in [0.717, 1.165) is 36.4 Å². The molecule has 1 amide bonds. The molecule has 1 unspecified atom stereocenters. The number of likely N-dealkylation sites (tertiary alicyclic amines) is 1. The molecule has 1 aliphatic rings. The monoisotopic (exact) mass is 389 g/mol. The van der Waals surface area contributed by atoms with Crippen molar-refractivity contribution in [2.45, 2.75) is 26.3 Å². The Hall–Kier alpha value is -3.08. The number of rotatable bonds is 5. The number of hydrogen-bond donors (Lipinski definition) is 0. The van der Waals surface area contributed by atoms with Crippen LogP contribution < -0.4 is 4.74 Å². The molecule has 29 heavy (non-hydrogen) atoms. The molecule has 4 rings (SSSR count). The summed E-state index contributed by atoms with van der Waals surface area (Å²) < 4.78 is 7.25. The van der Waals surface area contributed by atoms with Crippen molar-refractivity contribution in [2.24, 2.45) is 5.92 Å². The van der Waals surface area contributed by atoms with Crippen LogP contribution in [-0.2, 0) is 6.54 Å². The van der Waals surface area contributed by atoms with E-state index < -0.39 is 0 Å².